The monoisotopic (exact) mass is 334 g/mol. The zero-order valence-corrected chi connectivity index (χ0v) is 13.7. The van der Waals surface area contributed by atoms with Crippen molar-refractivity contribution in [1.82, 2.24) is 0 Å². The molecule has 0 unspecified atom stereocenters. The van der Waals surface area contributed by atoms with E-state index in [9.17, 15) is 4.79 Å². The van der Waals surface area contributed by atoms with E-state index in [4.69, 9.17) is 16.3 Å². The maximum absolute atomic E-state index is 12.2. The molecule has 0 fully saturated rings. The van der Waals surface area contributed by atoms with E-state index in [2.05, 4.69) is 0 Å². The van der Waals surface area contributed by atoms with Gasteiger partial charge in [0.05, 0.1) is 0 Å². The summed E-state index contributed by atoms with van der Waals surface area (Å²) in [7, 11) is 0. The molecular formula is C21H15ClO2. The highest BCUT2D eigenvalue weighted by Gasteiger charge is 2.24. The van der Waals surface area contributed by atoms with Crippen LogP contribution in [0.1, 0.15) is 32.6 Å². The first kappa shape index (κ1) is 15.0. The number of hydrogen-bond acceptors (Lipinski definition) is 2. The van der Waals surface area contributed by atoms with Crippen molar-refractivity contribution in [2.45, 2.75) is 12.8 Å². The van der Waals surface area contributed by atoms with Crippen molar-refractivity contribution in [2.24, 2.45) is 0 Å². The fourth-order valence-corrected chi connectivity index (χ4v) is 3.45. The minimum Gasteiger partial charge on any atom is -0.457 e. The van der Waals surface area contributed by atoms with Gasteiger partial charge in [-0.25, -0.2) is 0 Å². The Labute approximate surface area is 145 Å². The van der Waals surface area contributed by atoms with Gasteiger partial charge in [-0.2, -0.15) is 0 Å². The number of para-hydroxylation sites is 1. The van der Waals surface area contributed by atoms with Gasteiger partial charge in [-0.05, 0) is 46.8 Å². The third kappa shape index (κ3) is 2.70. The summed E-state index contributed by atoms with van der Waals surface area (Å²) in [6, 6.07) is 21.8. The third-order valence-corrected chi connectivity index (χ3v) is 4.54. The van der Waals surface area contributed by atoms with E-state index < -0.39 is 5.24 Å². The van der Waals surface area contributed by atoms with Gasteiger partial charge in [0.2, 0.25) is 0 Å². The van der Waals surface area contributed by atoms with Crippen molar-refractivity contribution < 1.29 is 9.53 Å². The topological polar surface area (TPSA) is 26.3 Å². The maximum Gasteiger partial charge on any atom is 0.253 e. The highest BCUT2D eigenvalue weighted by Crippen LogP contribution is 2.39. The molecule has 3 heteroatoms. The van der Waals surface area contributed by atoms with Gasteiger partial charge in [-0.1, -0.05) is 54.6 Å². The summed E-state index contributed by atoms with van der Waals surface area (Å²) in [5.41, 5.74) is 4.60. The van der Waals surface area contributed by atoms with Crippen LogP contribution in [0.2, 0.25) is 0 Å². The molecule has 0 saturated heterocycles. The zero-order chi connectivity index (χ0) is 16.5. The van der Waals surface area contributed by atoms with Gasteiger partial charge in [0.25, 0.3) is 5.24 Å². The Morgan fingerprint density at radius 3 is 2.46 bits per heavy atom. The van der Waals surface area contributed by atoms with Crippen LogP contribution < -0.4 is 4.74 Å². The number of carbonyl (C=O) groups is 1. The van der Waals surface area contributed by atoms with Crippen LogP contribution in [-0.2, 0) is 12.8 Å². The van der Waals surface area contributed by atoms with Crippen LogP contribution in [-0.4, -0.2) is 5.24 Å². The second kappa shape index (κ2) is 6.14. The highest BCUT2D eigenvalue weighted by atomic mass is 35.5. The SMILES string of the molecule is O=C(Cl)c1c(Cc2ccccc2)ccc2c1Cc1ccccc1O2. The Kier molecular flexibility index (Phi) is 3.83. The molecule has 3 aromatic carbocycles. The molecule has 0 N–H and O–H groups in total. The molecule has 0 aliphatic carbocycles. The summed E-state index contributed by atoms with van der Waals surface area (Å²) in [6.07, 6.45) is 1.32. The van der Waals surface area contributed by atoms with Crippen molar-refractivity contribution in [3.8, 4) is 11.5 Å². The normalized spacial score (nSPS) is 12.0. The molecular weight excluding hydrogens is 320 g/mol. The molecule has 0 radical (unpaired) electrons. The van der Waals surface area contributed by atoms with Gasteiger partial charge in [0.1, 0.15) is 11.5 Å². The van der Waals surface area contributed by atoms with Gasteiger partial charge in [0.15, 0.2) is 0 Å². The Morgan fingerprint density at radius 2 is 1.67 bits per heavy atom. The molecule has 0 spiro atoms. The molecule has 1 heterocycles. The third-order valence-electron chi connectivity index (χ3n) is 4.35. The predicted octanol–water partition coefficient (Wildman–Crippen LogP) is 5.35. The Morgan fingerprint density at radius 1 is 0.917 bits per heavy atom. The molecule has 1 aliphatic rings. The molecule has 0 aromatic heterocycles. The number of fused-ring (bicyclic) bond motifs is 2. The van der Waals surface area contributed by atoms with Gasteiger partial charge in [-0.15, -0.1) is 0 Å². The largest absolute Gasteiger partial charge is 0.457 e. The van der Waals surface area contributed by atoms with Crippen LogP contribution in [0, 0.1) is 0 Å². The lowest BCUT2D eigenvalue weighted by Crippen LogP contribution is -2.11. The van der Waals surface area contributed by atoms with E-state index in [1.807, 2.05) is 66.7 Å². The predicted molar refractivity (Wildman–Crippen MR) is 95.2 cm³/mol. The van der Waals surface area contributed by atoms with Crippen molar-refractivity contribution in [3.63, 3.8) is 0 Å². The first-order valence-electron chi connectivity index (χ1n) is 7.86. The van der Waals surface area contributed by atoms with E-state index in [1.54, 1.807) is 0 Å². The van der Waals surface area contributed by atoms with Crippen LogP contribution >= 0.6 is 11.6 Å². The maximum atomic E-state index is 12.2. The van der Waals surface area contributed by atoms with Gasteiger partial charge < -0.3 is 4.74 Å². The second-order valence-corrected chi connectivity index (χ2v) is 6.24. The lowest BCUT2D eigenvalue weighted by atomic mass is 9.90. The molecule has 4 rings (SSSR count). The first-order valence-corrected chi connectivity index (χ1v) is 8.24. The van der Waals surface area contributed by atoms with Crippen LogP contribution in [0.25, 0.3) is 0 Å². The van der Waals surface area contributed by atoms with Gasteiger partial charge >= 0.3 is 0 Å². The van der Waals surface area contributed by atoms with E-state index in [-0.39, 0.29) is 0 Å². The van der Waals surface area contributed by atoms with Crippen LogP contribution in [0.5, 0.6) is 11.5 Å². The standard InChI is InChI=1S/C21H15ClO2/c22-21(23)20-16(12-14-6-2-1-3-7-14)10-11-19-17(20)13-15-8-4-5-9-18(15)24-19/h1-11H,12-13H2. The Hall–Kier alpha value is -2.58. The molecule has 2 nitrogen and oxygen atoms in total. The fraction of sp³-hybridized carbons (Fsp3) is 0.0952. The van der Waals surface area contributed by atoms with Gasteiger partial charge in [0, 0.05) is 17.5 Å². The van der Waals surface area contributed by atoms with Crippen molar-refractivity contribution in [1.29, 1.82) is 0 Å². The minimum atomic E-state index is -0.430. The minimum absolute atomic E-state index is 0.430. The summed E-state index contributed by atoms with van der Waals surface area (Å²) in [6.45, 7) is 0. The number of carbonyl (C=O) groups excluding carboxylic acids is 1. The van der Waals surface area contributed by atoms with E-state index >= 15 is 0 Å². The number of halogens is 1. The average Bonchev–Trinajstić information content (AvgIpc) is 2.60. The number of benzene rings is 3. The Bertz CT molecular complexity index is 916. The molecule has 0 bridgehead atoms. The van der Waals surface area contributed by atoms with E-state index in [0.717, 1.165) is 33.8 Å². The van der Waals surface area contributed by atoms with Crippen LogP contribution in [0.4, 0.5) is 0 Å². The molecule has 0 saturated carbocycles. The highest BCUT2D eigenvalue weighted by molar-refractivity contribution is 6.68. The smallest absolute Gasteiger partial charge is 0.253 e. The molecule has 118 valence electrons. The van der Waals surface area contributed by atoms with E-state index in [1.165, 1.54) is 0 Å². The molecule has 1 aliphatic heterocycles. The van der Waals surface area contributed by atoms with Crippen LogP contribution in [0.15, 0.2) is 66.7 Å². The molecule has 3 aromatic rings. The van der Waals surface area contributed by atoms with Gasteiger partial charge in [-0.3, -0.25) is 4.79 Å². The van der Waals surface area contributed by atoms with Crippen LogP contribution in [0.3, 0.4) is 0 Å². The first-order chi connectivity index (χ1) is 11.7. The number of rotatable bonds is 3. The Balaban J connectivity index is 1.80. The molecule has 0 atom stereocenters. The molecule has 0 amide bonds. The van der Waals surface area contributed by atoms with E-state index in [0.29, 0.717) is 18.4 Å². The number of hydrogen-bond donors (Lipinski definition) is 0. The second-order valence-electron chi connectivity index (χ2n) is 5.90. The summed E-state index contributed by atoms with van der Waals surface area (Å²) in [4.78, 5) is 12.2. The fourth-order valence-electron chi connectivity index (χ4n) is 3.21. The zero-order valence-electron chi connectivity index (χ0n) is 13.0. The summed E-state index contributed by atoms with van der Waals surface area (Å²) in [5, 5.41) is -0.430. The number of ether oxygens (including phenoxy) is 1. The quantitative estimate of drug-likeness (QED) is 0.472. The summed E-state index contributed by atoms with van der Waals surface area (Å²) < 4.78 is 5.96. The summed E-state index contributed by atoms with van der Waals surface area (Å²) >= 11 is 5.94. The lowest BCUT2D eigenvalue weighted by molar-refractivity contribution is 0.107. The van der Waals surface area contributed by atoms with Crippen molar-refractivity contribution >= 4 is 16.8 Å². The average molecular weight is 335 g/mol. The van der Waals surface area contributed by atoms with Crippen molar-refractivity contribution in [2.75, 3.05) is 0 Å². The lowest BCUT2D eigenvalue weighted by Gasteiger charge is -2.23. The molecule has 24 heavy (non-hydrogen) atoms. The summed E-state index contributed by atoms with van der Waals surface area (Å²) in [5.74, 6) is 1.56. The van der Waals surface area contributed by atoms with Crippen molar-refractivity contribution in [3.05, 3.63) is 94.5 Å².